The highest BCUT2D eigenvalue weighted by Gasteiger charge is 2.19. The second-order valence-corrected chi connectivity index (χ2v) is 8.13. The van der Waals surface area contributed by atoms with Gasteiger partial charge in [-0.05, 0) is 36.4 Å². The van der Waals surface area contributed by atoms with E-state index in [1.165, 1.54) is 27.4 Å². The average Bonchev–Trinajstić information content (AvgIpc) is 2.92. The fourth-order valence-electron chi connectivity index (χ4n) is 3.67. The molecular weight excluding hydrogens is 500 g/mol. The van der Waals surface area contributed by atoms with E-state index in [0.717, 1.165) is 4.68 Å². The van der Waals surface area contributed by atoms with Crippen LogP contribution in [0.4, 0.5) is 5.69 Å². The van der Waals surface area contributed by atoms with E-state index < -0.39 is 17.4 Å². The molecule has 4 rings (SSSR count). The maximum atomic E-state index is 13.2. The maximum absolute atomic E-state index is 13.2. The third-order valence-corrected chi connectivity index (χ3v) is 5.79. The highest BCUT2D eigenvalue weighted by atomic mass is 35.5. The van der Waals surface area contributed by atoms with Gasteiger partial charge in [-0.3, -0.25) is 14.4 Å². The minimum atomic E-state index is -0.641. The molecule has 2 amide bonds. The highest BCUT2D eigenvalue weighted by molar-refractivity contribution is 6.32. The number of benzene rings is 3. The molecule has 4 aromatic rings. The van der Waals surface area contributed by atoms with Crippen LogP contribution in [0.3, 0.4) is 0 Å². The molecule has 1 heterocycles. The third-order valence-electron chi connectivity index (χ3n) is 5.49. The number of carbonyl (C=O) groups is 2. The molecule has 0 radical (unpaired) electrons. The van der Waals surface area contributed by atoms with Crippen molar-refractivity contribution in [1.29, 1.82) is 0 Å². The second kappa shape index (κ2) is 11.0. The van der Waals surface area contributed by atoms with Gasteiger partial charge in [0, 0.05) is 11.5 Å². The van der Waals surface area contributed by atoms with E-state index in [2.05, 4.69) is 15.7 Å². The number of amides is 2. The van der Waals surface area contributed by atoms with E-state index in [4.69, 9.17) is 25.8 Å². The summed E-state index contributed by atoms with van der Waals surface area (Å²) >= 11 is 6.24. The van der Waals surface area contributed by atoms with E-state index in [1.54, 1.807) is 54.6 Å². The number of hydrogen-bond acceptors (Lipinski definition) is 7. The summed E-state index contributed by atoms with van der Waals surface area (Å²) in [7, 11) is 4.45. The lowest BCUT2D eigenvalue weighted by atomic mass is 10.1. The van der Waals surface area contributed by atoms with Crippen molar-refractivity contribution in [1.82, 2.24) is 15.1 Å². The van der Waals surface area contributed by atoms with Crippen LogP contribution in [0.15, 0.2) is 65.5 Å². The molecule has 0 saturated heterocycles. The summed E-state index contributed by atoms with van der Waals surface area (Å²) in [5, 5.41) is 10.4. The summed E-state index contributed by atoms with van der Waals surface area (Å²) in [6, 6.07) is 16.2. The van der Waals surface area contributed by atoms with Gasteiger partial charge in [0.15, 0.2) is 5.69 Å². The van der Waals surface area contributed by atoms with Crippen molar-refractivity contribution < 1.29 is 23.8 Å². The van der Waals surface area contributed by atoms with Gasteiger partial charge in [-0.1, -0.05) is 29.8 Å². The van der Waals surface area contributed by atoms with E-state index in [0.29, 0.717) is 34.0 Å². The first-order valence-electron chi connectivity index (χ1n) is 11.0. The van der Waals surface area contributed by atoms with Crippen molar-refractivity contribution in [3.63, 3.8) is 0 Å². The molecule has 0 bridgehead atoms. The van der Waals surface area contributed by atoms with Crippen LogP contribution in [0.5, 0.6) is 17.2 Å². The Labute approximate surface area is 216 Å². The van der Waals surface area contributed by atoms with Gasteiger partial charge in [-0.25, -0.2) is 0 Å². The Morgan fingerprint density at radius 2 is 1.62 bits per heavy atom. The normalized spacial score (nSPS) is 10.6. The lowest BCUT2D eigenvalue weighted by Gasteiger charge is -2.13. The number of aromatic nitrogens is 2. The first-order chi connectivity index (χ1) is 17.9. The minimum Gasteiger partial charge on any atom is -0.497 e. The van der Waals surface area contributed by atoms with Crippen LogP contribution in [0.2, 0.25) is 5.02 Å². The van der Waals surface area contributed by atoms with Crippen molar-refractivity contribution in [2.45, 2.75) is 0 Å². The van der Waals surface area contributed by atoms with Gasteiger partial charge in [0.2, 0.25) is 5.91 Å². The Kier molecular flexibility index (Phi) is 7.59. The molecule has 0 atom stereocenters. The van der Waals surface area contributed by atoms with Gasteiger partial charge in [-0.2, -0.15) is 9.78 Å². The molecule has 0 aliphatic carbocycles. The minimum absolute atomic E-state index is 0.0334. The molecule has 0 unspecified atom stereocenters. The number of fused-ring (bicyclic) bond motifs is 1. The SMILES string of the molecule is COc1ccc(OC)c(NC(=O)CNC(=O)c2nn(-c3ccc(OC)c(Cl)c3)c(=O)c3ccccc23)c1. The van der Waals surface area contributed by atoms with Crippen LogP contribution < -0.4 is 30.4 Å². The number of anilines is 1. The summed E-state index contributed by atoms with van der Waals surface area (Å²) in [4.78, 5) is 38.9. The van der Waals surface area contributed by atoms with Gasteiger partial charge < -0.3 is 24.8 Å². The highest BCUT2D eigenvalue weighted by Crippen LogP contribution is 2.29. The molecule has 10 nitrogen and oxygen atoms in total. The Bertz CT molecular complexity index is 1550. The van der Waals surface area contributed by atoms with Crippen molar-refractivity contribution >= 4 is 39.9 Å². The summed E-state index contributed by atoms with van der Waals surface area (Å²) in [6.07, 6.45) is 0. The Morgan fingerprint density at radius 1 is 0.919 bits per heavy atom. The Morgan fingerprint density at radius 3 is 2.30 bits per heavy atom. The predicted molar refractivity (Wildman–Crippen MR) is 139 cm³/mol. The summed E-state index contributed by atoms with van der Waals surface area (Å²) in [6.45, 7) is -0.358. The van der Waals surface area contributed by atoms with Crippen LogP contribution in [0.25, 0.3) is 16.5 Å². The van der Waals surface area contributed by atoms with Gasteiger partial charge in [0.1, 0.15) is 17.2 Å². The number of rotatable bonds is 8. The van der Waals surface area contributed by atoms with Crippen molar-refractivity contribution in [3.05, 3.63) is 81.7 Å². The fourth-order valence-corrected chi connectivity index (χ4v) is 3.92. The topological polar surface area (TPSA) is 121 Å². The lowest BCUT2D eigenvalue weighted by Crippen LogP contribution is -2.35. The maximum Gasteiger partial charge on any atom is 0.279 e. The zero-order chi connectivity index (χ0) is 26.5. The molecule has 1 aromatic heterocycles. The van der Waals surface area contributed by atoms with E-state index in [-0.39, 0.29) is 22.6 Å². The third kappa shape index (κ3) is 5.34. The predicted octanol–water partition coefficient (Wildman–Crippen LogP) is 3.43. The largest absolute Gasteiger partial charge is 0.497 e. The van der Waals surface area contributed by atoms with Crippen LogP contribution in [-0.2, 0) is 4.79 Å². The lowest BCUT2D eigenvalue weighted by molar-refractivity contribution is -0.115. The van der Waals surface area contributed by atoms with Gasteiger partial charge >= 0.3 is 0 Å². The molecule has 0 spiro atoms. The number of carbonyl (C=O) groups excluding carboxylic acids is 2. The van der Waals surface area contributed by atoms with E-state index in [9.17, 15) is 14.4 Å². The second-order valence-electron chi connectivity index (χ2n) is 7.73. The molecule has 2 N–H and O–H groups in total. The molecule has 37 heavy (non-hydrogen) atoms. The number of ether oxygens (including phenoxy) is 3. The van der Waals surface area contributed by atoms with Crippen molar-refractivity contribution in [3.8, 4) is 22.9 Å². The summed E-state index contributed by atoms with van der Waals surface area (Å²) in [5.41, 5.74) is 0.262. The van der Waals surface area contributed by atoms with Crippen molar-refractivity contribution in [2.75, 3.05) is 33.2 Å². The Hall–Kier alpha value is -4.57. The van der Waals surface area contributed by atoms with Crippen molar-refractivity contribution in [2.24, 2.45) is 0 Å². The Balaban J connectivity index is 1.62. The molecule has 0 aliphatic heterocycles. The number of nitrogens with zero attached hydrogens (tertiary/aromatic N) is 2. The number of nitrogens with one attached hydrogen (secondary N) is 2. The van der Waals surface area contributed by atoms with Gasteiger partial charge in [-0.15, -0.1) is 0 Å². The molecule has 0 saturated carbocycles. The van der Waals surface area contributed by atoms with Crippen LogP contribution in [-0.4, -0.2) is 49.5 Å². The monoisotopic (exact) mass is 522 g/mol. The van der Waals surface area contributed by atoms with E-state index >= 15 is 0 Å². The van der Waals surface area contributed by atoms with Crippen LogP contribution >= 0.6 is 11.6 Å². The first-order valence-corrected chi connectivity index (χ1v) is 11.4. The summed E-state index contributed by atoms with van der Waals surface area (Å²) in [5.74, 6) is 0.239. The smallest absolute Gasteiger partial charge is 0.279 e. The zero-order valence-corrected chi connectivity index (χ0v) is 21.0. The number of halogens is 1. The molecule has 190 valence electrons. The quantitative estimate of drug-likeness (QED) is 0.363. The number of methoxy groups -OCH3 is 3. The molecule has 0 aliphatic rings. The number of hydrogen-bond donors (Lipinski definition) is 2. The molecular formula is C26H23ClN4O6. The van der Waals surface area contributed by atoms with Crippen LogP contribution in [0.1, 0.15) is 10.5 Å². The zero-order valence-electron chi connectivity index (χ0n) is 20.2. The average molecular weight is 523 g/mol. The van der Waals surface area contributed by atoms with Gasteiger partial charge in [0.05, 0.1) is 49.7 Å². The molecule has 0 fully saturated rings. The molecule has 11 heteroatoms. The fraction of sp³-hybridized carbons (Fsp3) is 0.154. The van der Waals surface area contributed by atoms with E-state index in [1.807, 2.05) is 0 Å². The molecule has 3 aromatic carbocycles. The van der Waals surface area contributed by atoms with Gasteiger partial charge in [0.25, 0.3) is 11.5 Å². The first kappa shape index (κ1) is 25.5. The standard InChI is InChI=1S/C26H23ClN4O6/c1-35-16-9-11-22(37-3)20(13-16)29-23(32)14-28-25(33)24-17-6-4-5-7-18(17)26(34)31(30-24)15-8-10-21(36-2)19(27)12-15/h4-13H,14H2,1-3H3,(H,28,33)(H,29,32). The van der Waals surface area contributed by atoms with Crippen LogP contribution in [0, 0.1) is 0 Å². The summed E-state index contributed by atoms with van der Waals surface area (Å²) < 4.78 is 16.7.